The average molecular weight is 202 g/mol. The summed E-state index contributed by atoms with van der Waals surface area (Å²) in [6, 6.07) is 0.338. The Bertz CT molecular complexity index is 249. The molecular formula is C9H15FN2O2. The van der Waals surface area contributed by atoms with Crippen LogP contribution in [0.4, 0.5) is 4.39 Å². The van der Waals surface area contributed by atoms with Gasteiger partial charge < -0.3 is 14.5 Å². The number of hydrogen-bond donors (Lipinski definition) is 0. The number of alkyl halides is 1. The van der Waals surface area contributed by atoms with Crippen LogP contribution in [-0.2, 0) is 9.53 Å². The Hall–Kier alpha value is -0.680. The zero-order valence-corrected chi connectivity index (χ0v) is 8.44. The van der Waals surface area contributed by atoms with Gasteiger partial charge in [-0.05, 0) is 14.0 Å². The van der Waals surface area contributed by atoms with Crippen molar-refractivity contribution in [1.29, 1.82) is 0 Å². The molecule has 0 aromatic carbocycles. The van der Waals surface area contributed by atoms with Gasteiger partial charge in [-0.15, -0.1) is 0 Å². The van der Waals surface area contributed by atoms with Crippen LogP contribution in [0.25, 0.3) is 0 Å². The van der Waals surface area contributed by atoms with Crippen molar-refractivity contribution in [2.24, 2.45) is 0 Å². The van der Waals surface area contributed by atoms with Gasteiger partial charge in [-0.3, -0.25) is 4.79 Å². The quantitative estimate of drug-likeness (QED) is 0.554. The predicted octanol–water partition coefficient (Wildman–Crippen LogP) is -0.157. The SMILES string of the molecule is CC1CN(C(=O)C2OC2F)CCN1C. The van der Waals surface area contributed by atoms with Gasteiger partial charge >= 0.3 is 0 Å². The van der Waals surface area contributed by atoms with E-state index >= 15 is 0 Å². The zero-order valence-electron chi connectivity index (χ0n) is 8.44. The Balaban J connectivity index is 1.90. The van der Waals surface area contributed by atoms with E-state index in [4.69, 9.17) is 0 Å². The third-order valence-electron chi connectivity index (χ3n) is 2.95. The zero-order chi connectivity index (χ0) is 10.3. The van der Waals surface area contributed by atoms with Crippen LogP contribution >= 0.6 is 0 Å². The van der Waals surface area contributed by atoms with E-state index in [0.29, 0.717) is 19.1 Å². The molecule has 1 amide bonds. The lowest BCUT2D eigenvalue weighted by Gasteiger charge is -2.37. The average Bonchev–Trinajstić information content (AvgIpc) is 2.86. The summed E-state index contributed by atoms with van der Waals surface area (Å²) in [6.45, 7) is 4.24. The molecule has 14 heavy (non-hydrogen) atoms. The second-order valence-electron chi connectivity index (χ2n) is 4.02. The van der Waals surface area contributed by atoms with E-state index in [2.05, 4.69) is 16.6 Å². The summed E-state index contributed by atoms with van der Waals surface area (Å²) >= 11 is 0. The van der Waals surface area contributed by atoms with E-state index in [0.717, 1.165) is 6.54 Å². The van der Waals surface area contributed by atoms with Crippen LogP contribution in [0.2, 0.25) is 0 Å². The molecule has 0 aromatic rings. The number of hydrogen-bond acceptors (Lipinski definition) is 3. The molecule has 0 spiro atoms. The fraction of sp³-hybridized carbons (Fsp3) is 0.889. The molecule has 2 aliphatic heterocycles. The molecule has 0 radical (unpaired) electrons. The topological polar surface area (TPSA) is 36.1 Å². The maximum atomic E-state index is 12.5. The van der Waals surface area contributed by atoms with Crippen LogP contribution < -0.4 is 0 Å². The molecule has 2 heterocycles. The van der Waals surface area contributed by atoms with Gasteiger partial charge in [0, 0.05) is 25.7 Å². The van der Waals surface area contributed by atoms with E-state index in [-0.39, 0.29) is 5.91 Å². The fourth-order valence-electron chi connectivity index (χ4n) is 1.69. The van der Waals surface area contributed by atoms with Gasteiger partial charge in [0.25, 0.3) is 5.91 Å². The van der Waals surface area contributed by atoms with Gasteiger partial charge in [0.1, 0.15) is 0 Å². The maximum Gasteiger partial charge on any atom is 0.257 e. The summed E-state index contributed by atoms with van der Waals surface area (Å²) in [4.78, 5) is 15.4. The van der Waals surface area contributed by atoms with E-state index < -0.39 is 12.5 Å². The van der Waals surface area contributed by atoms with Crippen molar-refractivity contribution >= 4 is 5.91 Å². The van der Waals surface area contributed by atoms with Gasteiger partial charge in [-0.25, -0.2) is 4.39 Å². The van der Waals surface area contributed by atoms with Crippen molar-refractivity contribution in [3.05, 3.63) is 0 Å². The lowest BCUT2D eigenvalue weighted by Crippen LogP contribution is -2.53. The molecule has 5 heteroatoms. The van der Waals surface area contributed by atoms with Crippen molar-refractivity contribution in [3.63, 3.8) is 0 Å². The molecule has 0 saturated carbocycles. The first-order valence-electron chi connectivity index (χ1n) is 4.88. The van der Waals surface area contributed by atoms with Crippen LogP contribution in [-0.4, -0.2) is 60.9 Å². The molecule has 2 rings (SSSR count). The Morgan fingerprint density at radius 2 is 2.14 bits per heavy atom. The number of ether oxygens (including phenoxy) is 1. The summed E-state index contributed by atoms with van der Waals surface area (Å²) in [5.74, 6) is -0.197. The molecule has 3 atom stereocenters. The number of nitrogens with zero attached hydrogens (tertiary/aromatic N) is 2. The summed E-state index contributed by atoms with van der Waals surface area (Å²) in [7, 11) is 2.03. The lowest BCUT2D eigenvalue weighted by atomic mass is 10.2. The van der Waals surface area contributed by atoms with Crippen LogP contribution in [0.15, 0.2) is 0 Å². The Morgan fingerprint density at radius 1 is 1.50 bits per heavy atom. The second-order valence-corrected chi connectivity index (χ2v) is 4.02. The largest absolute Gasteiger partial charge is 0.337 e. The summed E-state index contributed by atoms with van der Waals surface area (Å²) < 4.78 is 17.0. The third kappa shape index (κ3) is 1.74. The Morgan fingerprint density at radius 3 is 2.64 bits per heavy atom. The minimum absolute atomic E-state index is 0.197. The van der Waals surface area contributed by atoms with Crippen molar-refractivity contribution < 1.29 is 13.9 Å². The normalized spacial score (nSPS) is 38.5. The highest BCUT2D eigenvalue weighted by molar-refractivity contribution is 5.83. The highest BCUT2D eigenvalue weighted by Gasteiger charge is 2.48. The van der Waals surface area contributed by atoms with Crippen LogP contribution in [0.3, 0.4) is 0 Å². The summed E-state index contributed by atoms with van der Waals surface area (Å²) in [5, 5.41) is 0. The van der Waals surface area contributed by atoms with Crippen molar-refractivity contribution in [2.45, 2.75) is 25.4 Å². The molecule has 80 valence electrons. The standard InChI is InChI=1S/C9H15FN2O2/c1-6-5-12(4-3-11(6)2)9(13)7-8(10)14-7/h6-8H,3-5H2,1-2H3. The minimum Gasteiger partial charge on any atom is -0.337 e. The highest BCUT2D eigenvalue weighted by atomic mass is 19.2. The first-order valence-corrected chi connectivity index (χ1v) is 4.88. The van der Waals surface area contributed by atoms with Crippen LogP contribution in [0.1, 0.15) is 6.92 Å². The number of rotatable bonds is 1. The first kappa shape index (κ1) is 9.86. The van der Waals surface area contributed by atoms with E-state index in [9.17, 15) is 9.18 Å². The Kier molecular flexibility index (Phi) is 2.45. The molecular weight excluding hydrogens is 187 g/mol. The number of carbonyl (C=O) groups is 1. The van der Waals surface area contributed by atoms with Crippen LogP contribution in [0.5, 0.6) is 0 Å². The molecule has 0 bridgehead atoms. The number of halogens is 1. The predicted molar refractivity (Wildman–Crippen MR) is 48.4 cm³/mol. The summed E-state index contributed by atoms with van der Waals surface area (Å²) in [5.41, 5.74) is 0. The van der Waals surface area contributed by atoms with E-state index in [1.165, 1.54) is 0 Å². The van der Waals surface area contributed by atoms with Gasteiger partial charge in [0.2, 0.25) is 6.36 Å². The highest BCUT2D eigenvalue weighted by Crippen LogP contribution is 2.25. The maximum absolute atomic E-state index is 12.5. The number of carbonyl (C=O) groups excluding carboxylic acids is 1. The molecule has 2 aliphatic rings. The van der Waals surface area contributed by atoms with Crippen molar-refractivity contribution in [3.8, 4) is 0 Å². The van der Waals surface area contributed by atoms with Gasteiger partial charge in [0.15, 0.2) is 6.10 Å². The van der Waals surface area contributed by atoms with Crippen molar-refractivity contribution in [2.75, 3.05) is 26.7 Å². The molecule has 0 aliphatic carbocycles. The van der Waals surface area contributed by atoms with E-state index in [1.54, 1.807) is 4.90 Å². The van der Waals surface area contributed by atoms with Gasteiger partial charge in [-0.1, -0.05) is 0 Å². The van der Waals surface area contributed by atoms with Gasteiger partial charge in [0.05, 0.1) is 0 Å². The number of epoxide rings is 1. The fourth-order valence-corrected chi connectivity index (χ4v) is 1.69. The molecule has 0 aromatic heterocycles. The first-order chi connectivity index (χ1) is 6.59. The smallest absolute Gasteiger partial charge is 0.257 e. The second kappa shape index (κ2) is 3.47. The third-order valence-corrected chi connectivity index (χ3v) is 2.95. The summed E-state index contributed by atoms with van der Waals surface area (Å²) in [6.07, 6.45) is -2.18. The monoisotopic (exact) mass is 202 g/mol. The Labute approximate surface area is 82.6 Å². The van der Waals surface area contributed by atoms with E-state index in [1.807, 2.05) is 7.05 Å². The molecule has 2 saturated heterocycles. The minimum atomic E-state index is -1.36. The van der Waals surface area contributed by atoms with Crippen molar-refractivity contribution in [1.82, 2.24) is 9.80 Å². The lowest BCUT2D eigenvalue weighted by molar-refractivity contribution is -0.135. The molecule has 0 N–H and O–H groups in total. The number of piperazine rings is 1. The van der Waals surface area contributed by atoms with Gasteiger partial charge in [-0.2, -0.15) is 0 Å². The molecule has 4 nitrogen and oxygen atoms in total. The number of amides is 1. The molecule has 2 fully saturated rings. The van der Waals surface area contributed by atoms with Crippen LogP contribution in [0, 0.1) is 0 Å². The molecule has 3 unspecified atom stereocenters. The number of likely N-dealkylation sites (N-methyl/N-ethyl adjacent to an activating group) is 1.